The highest BCUT2D eigenvalue weighted by molar-refractivity contribution is 5.59. The van der Waals surface area contributed by atoms with Crippen molar-refractivity contribution in [2.45, 2.75) is 0 Å². The molecule has 0 saturated carbocycles. The second kappa shape index (κ2) is 2.61. The van der Waals surface area contributed by atoms with E-state index in [0.29, 0.717) is 11.4 Å². The number of aromatic amines is 1. The summed E-state index contributed by atoms with van der Waals surface area (Å²) in [7, 11) is 0. The fourth-order valence-electron chi connectivity index (χ4n) is 0.910. The van der Waals surface area contributed by atoms with Crippen LogP contribution in [0.2, 0.25) is 0 Å². The molecule has 0 spiro atoms. The molecule has 2 aromatic heterocycles. The first-order valence-corrected chi connectivity index (χ1v) is 3.38. The number of hydrogen-bond donors (Lipinski definition) is 2. The summed E-state index contributed by atoms with van der Waals surface area (Å²) in [5.41, 5.74) is 0.972. The van der Waals surface area contributed by atoms with Gasteiger partial charge in [0.1, 0.15) is 17.1 Å². The maximum atomic E-state index is 9.34. The Hall–Kier alpha value is -1.91. The molecule has 5 nitrogen and oxygen atoms in total. The van der Waals surface area contributed by atoms with Crippen molar-refractivity contribution in [1.29, 1.82) is 0 Å². The molecular formula is C7H6N4O. The van der Waals surface area contributed by atoms with Gasteiger partial charge < -0.3 is 5.11 Å². The minimum atomic E-state index is 0.103. The zero-order chi connectivity index (χ0) is 8.39. The number of H-pyrrole nitrogens is 1. The van der Waals surface area contributed by atoms with Crippen LogP contribution >= 0.6 is 0 Å². The lowest BCUT2D eigenvalue weighted by molar-refractivity contribution is 0.475. The van der Waals surface area contributed by atoms with Gasteiger partial charge in [0.05, 0.1) is 6.20 Å². The Balaban J connectivity index is 2.55. The van der Waals surface area contributed by atoms with Crippen LogP contribution in [-0.2, 0) is 0 Å². The Morgan fingerprint density at radius 3 is 3.00 bits per heavy atom. The van der Waals surface area contributed by atoms with Gasteiger partial charge in [0.2, 0.25) is 0 Å². The predicted octanol–water partition coefficient (Wildman–Crippen LogP) is 0.572. The second-order valence-electron chi connectivity index (χ2n) is 2.23. The van der Waals surface area contributed by atoms with Crippen molar-refractivity contribution in [3.8, 4) is 17.1 Å². The van der Waals surface area contributed by atoms with E-state index in [2.05, 4.69) is 20.4 Å². The molecule has 12 heavy (non-hydrogen) atoms. The molecule has 0 saturated heterocycles. The van der Waals surface area contributed by atoms with Gasteiger partial charge in [-0.3, -0.25) is 4.98 Å². The van der Waals surface area contributed by atoms with Gasteiger partial charge in [-0.1, -0.05) is 0 Å². The number of nitrogens with one attached hydrogen (secondary N) is 1. The highest BCUT2D eigenvalue weighted by atomic mass is 16.3. The van der Waals surface area contributed by atoms with Crippen LogP contribution < -0.4 is 0 Å². The minimum absolute atomic E-state index is 0.103. The van der Waals surface area contributed by atoms with Gasteiger partial charge >= 0.3 is 0 Å². The van der Waals surface area contributed by atoms with E-state index < -0.39 is 0 Å². The van der Waals surface area contributed by atoms with E-state index >= 15 is 0 Å². The molecule has 0 amide bonds. The van der Waals surface area contributed by atoms with E-state index in [4.69, 9.17) is 0 Å². The average molecular weight is 162 g/mol. The molecule has 0 fully saturated rings. The zero-order valence-electron chi connectivity index (χ0n) is 6.10. The third-order valence-electron chi connectivity index (χ3n) is 1.44. The number of hydrogen-bond acceptors (Lipinski definition) is 4. The van der Waals surface area contributed by atoms with Gasteiger partial charge in [0.15, 0.2) is 0 Å². The largest absolute Gasteiger partial charge is 0.506 e. The Morgan fingerprint density at radius 1 is 1.42 bits per heavy atom. The van der Waals surface area contributed by atoms with Gasteiger partial charge in [-0.05, 0) is 12.1 Å². The van der Waals surface area contributed by atoms with E-state index in [1.807, 2.05) is 0 Å². The second-order valence-corrected chi connectivity index (χ2v) is 2.23. The van der Waals surface area contributed by atoms with Crippen molar-refractivity contribution in [3.05, 3.63) is 24.5 Å². The van der Waals surface area contributed by atoms with Gasteiger partial charge in [-0.25, -0.2) is 0 Å². The lowest BCUT2D eigenvalue weighted by atomic mass is 10.3. The summed E-state index contributed by atoms with van der Waals surface area (Å²) in [4.78, 5) is 3.95. The van der Waals surface area contributed by atoms with Crippen molar-refractivity contribution in [1.82, 2.24) is 20.4 Å². The first kappa shape index (κ1) is 6.78. The minimum Gasteiger partial charge on any atom is -0.506 e. The molecule has 2 N–H and O–H groups in total. The number of rotatable bonds is 1. The molecule has 0 bridgehead atoms. The lowest BCUT2D eigenvalue weighted by Gasteiger charge is -1.96. The normalized spacial score (nSPS) is 10.0. The summed E-state index contributed by atoms with van der Waals surface area (Å²) in [5.74, 6) is 0.103. The number of pyridine rings is 1. The Bertz CT molecular complexity index is 371. The molecule has 60 valence electrons. The quantitative estimate of drug-likeness (QED) is 0.642. The fourth-order valence-corrected chi connectivity index (χ4v) is 0.910. The third-order valence-corrected chi connectivity index (χ3v) is 1.44. The summed E-state index contributed by atoms with van der Waals surface area (Å²) < 4.78 is 0. The van der Waals surface area contributed by atoms with Crippen molar-refractivity contribution in [2.24, 2.45) is 0 Å². The molecule has 0 atom stereocenters. The molecule has 2 aromatic rings. The molecule has 5 heteroatoms. The molecule has 0 unspecified atom stereocenters. The zero-order valence-corrected chi connectivity index (χ0v) is 6.10. The smallest absolute Gasteiger partial charge is 0.143 e. The SMILES string of the molecule is Oc1cccnc1-c1cn[nH]n1. The molecule has 0 aliphatic heterocycles. The van der Waals surface area contributed by atoms with Crippen LogP contribution in [0.4, 0.5) is 0 Å². The van der Waals surface area contributed by atoms with Crippen LogP contribution in [0, 0.1) is 0 Å². The molecule has 2 heterocycles. The summed E-state index contributed by atoms with van der Waals surface area (Å²) in [6.45, 7) is 0. The van der Waals surface area contributed by atoms with Crippen molar-refractivity contribution in [2.75, 3.05) is 0 Å². The number of aromatic nitrogens is 4. The van der Waals surface area contributed by atoms with Crippen LogP contribution in [0.3, 0.4) is 0 Å². The van der Waals surface area contributed by atoms with Crippen molar-refractivity contribution >= 4 is 0 Å². The Kier molecular flexibility index (Phi) is 1.48. The van der Waals surface area contributed by atoms with Crippen LogP contribution in [0.25, 0.3) is 11.4 Å². The van der Waals surface area contributed by atoms with E-state index in [9.17, 15) is 5.11 Å². The van der Waals surface area contributed by atoms with Crippen LogP contribution in [0.5, 0.6) is 5.75 Å². The molecule has 0 aromatic carbocycles. The maximum Gasteiger partial charge on any atom is 0.143 e. The first-order valence-electron chi connectivity index (χ1n) is 3.38. The van der Waals surface area contributed by atoms with E-state index in [-0.39, 0.29) is 5.75 Å². The van der Waals surface area contributed by atoms with Crippen LogP contribution in [0.1, 0.15) is 0 Å². The van der Waals surface area contributed by atoms with Crippen molar-refractivity contribution in [3.63, 3.8) is 0 Å². The van der Waals surface area contributed by atoms with Gasteiger partial charge in [0.25, 0.3) is 0 Å². The monoisotopic (exact) mass is 162 g/mol. The average Bonchev–Trinajstić information content (AvgIpc) is 2.57. The molecule has 2 rings (SSSR count). The summed E-state index contributed by atoms with van der Waals surface area (Å²) in [5, 5.41) is 19.2. The van der Waals surface area contributed by atoms with E-state index in [0.717, 1.165) is 0 Å². The molecule has 0 radical (unpaired) electrons. The standard InChI is InChI=1S/C7H6N4O/c12-6-2-1-3-8-7(6)5-4-9-11-10-5/h1-4,12H,(H,9,10,11). The Morgan fingerprint density at radius 2 is 2.33 bits per heavy atom. The molecular weight excluding hydrogens is 156 g/mol. The van der Waals surface area contributed by atoms with Gasteiger partial charge in [-0.15, -0.1) is 0 Å². The topological polar surface area (TPSA) is 74.7 Å². The number of nitrogens with zero attached hydrogens (tertiary/aromatic N) is 3. The van der Waals surface area contributed by atoms with E-state index in [1.165, 1.54) is 6.20 Å². The molecule has 0 aliphatic carbocycles. The van der Waals surface area contributed by atoms with Crippen LogP contribution in [-0.4, -0.2) is 25.5 Å². The lowest BCUT2D eigenvalue weighted by Crippen LogP contribution is -1.83. The van der Waals surface area contributed by atoms with Gasteiger partial charge in [-0.2, -0.15) is 15.4 Å². The highest BCUT2D eigenvalue weighted by Gasteiger charge is 2.06. The molecule has 0 aliphatic rings. The predicted molar refractivity (Wildman–Crippen MR) is 41.3 cm³/mol. The van der Waals surface area contributed by atoms with Gasteiger partial charge in [0, 0.05) is 6.20 Å². The summed E-state index contributed by atoms with van der Waals surface area (Å²) in [6.07, 6.45) is 3.09. The maximum absolute atomic E-state index is 9.34. The fraction of sp³-hybridized carbons (Fsp3) is 0. The van der Waals surface area contributed by atoms with E-state index in [1.54, 1.807) is 18.3 Å². The summed E-state index contributed by atoms with van der Waals surface area (Å²) in [6, 6.07) is 3.20. The van der Waals surface area contributed by atoms with Crippen molar-refractivity contribution < 1.29 is 5.11 Å². The summed E-state index contributed by atoms with van der Waals surface area (Å²) >= 11 is 0. The first-order chi connectivity index (χ1) is 5.88. The third kappa shape index (κ3) is 1.01. The van der Waals surface area contributed by atoms with Crippen LogP contribution in [0.15, 0.2) is 24.5 Å². The number of aromatic hydroxyl groups is 1. The Labute approximate surface area is 68.1 Å². The highest BCUT2D eigenvalue weighted by Crippen LogP contribution is 2.22.